The van der Waals surface area contributed by atoms with Crippen molar-refractivity contribution >= 4 is 11.6 Å². The fourth-order valence-electron chi connectivity index (χ4n) is 1.93. The van der Waals surface area contributed by atoms with E-state index in [1.54, 1.807) is 0 Å². The molecule has 0 aromatic carbocycles. The van der Waals surface area contributed by atoms with Crippen LogP contribution in [0.5, 0.6) is 0 Å². The van der Waals surface area contributed by atoms with Crippen LogP contribution in [-0.4, -0.2) is 11.6 Å². The van der Waals surface area contributed by atoms with E-state index in [2.05, 4.69) is 0 Å². The van der Waals surface area contributed by atoms with Gasteiger partial charge in [0, 0.05) is 0 Å². The van der Waals surface area contributed by atoms with Gasteiger partial charge >= 0.3 is 0 Å². The first-order valence-electron chi connectivity index (χ1n) is 5.03. The second-order valence-corrected chi connectivity index (χ2v) is 3.69. The molecule has 0 atom stereocenters. The summed E-state index contributed by atoms with van der Waals surface area (Å²) in [7, 11) is 0. The molecule has 0 N–H and O–H groups in total. The Kier molecular flexibility index (Phi) is 4.89. The Balaban J connectivity index is 4.80. The molecule has 0 saturated carbocycles. The van der Waals surface area contributed by atoms with Gasteiger partial charge in [-0.3, -0.25) is 9.59 Å². The fourth-order valence-corrected chi connectivity index (χ4v) is 1.93. The summed E-state index contributed by atoms with van der Waals surface area (Å²) in [5.41, 5.74) is -0.677. The molecule has 2 nitrogen and oxygen atoms in total. The van der Waals surface area contributed by atoms with Crippen molar-refractivity contribution in [3.8, 4) is 0 Å². The lowest BCUT2D eigenvalue weighted by Crippen LogP contribution is -2.36. The average Bonchev–Trinajstić information content (AvgIpc) is 2.03. The summed E-state index contributed by atoms with van der Waals surface area (Å²) in [5.74, 6) is 0.0624. The van der Waals surface area contributed by atoms with Crippen LogP contribution in [0.25, 0.3) is 0 Å². The minimum atomic E-state index is -0.677. The van der Waals surface area contributed by atoms with E-state index in [1.807, 2.05) is 13.8 Å². The van der Waals surface area contributed by atoms with Crippen molar-refractivity contribution in [2.75, 3.05) is 0 Å². The molecular weight excluding hydrogens is 164 g/mol. The van der Waals surface area contributed by atoms with Gasteiger partial charge in [0.25, 0.3) is 0 Å². The Morgan fingerprint density at radius 3 is 1.38 bits per heavy atom. The Morgan fingerprint density at radius 1 is 0.923 bits per heavy atom. The molecule has 0 aliphatic heterocycles. The SMILES string of the molecule is CCCC(CCC)(C(C)=O)C(C)=O. The van der Waals surface area contributed by atoms with Gasteiger partial charge < -0.3 is 0 Å². The Bertz CT molecular complexity index is 172. The molecule has 2 heteroatoms. The highest BCUT2D eigenvalue weighted by Gasteiger charge is 2.38. The van der Waals surface area contributed by atoms with Crippen molar-refractivity contribution in [3.05, 3.63) is 0 Å². The minimum absolute atomic E-state index is 0.0312. The first-order valence-corrected chi connectivity index (χ1v) is 5.03. The van der Waals surface area contributed by atoms with Gasteiger partial charge in [-0.05, 0) is 26.7 Å². The lowest BCUT2D eigenvalue weighted by Gasteiger charge is -2.27. The highest BCUT2D eigenvalue weighted by molar-refractivity contribution is 6.04. The molecule has 0 aliphatic rings. The first kappa shape index (κ1) is 12.3. The number of hydrogen-bond acceptors (Lipinski definition) is 2. The van der Waals surface area contributed by atoms with Gasteiger partial charge in [0.2, 0.25) is 0 Å². The van der Waals surface area contributed by atoms with Crippen molar-refractivity contribution in [2.24, 2.45) is 5.41 Å². The predicted octanol–water partition coefficient (Wildman–Crippen LogP) is 2.75. The Labute approximate surface area is 80.7 Å². The third kappa shape index (κ3) is 2.64. The van der Waals surface area contributed by atoms with Gasteiger partial charge in [-0.25, -0.2) is 0 Å². The zero-order chi connectivity index (χ0) is 10.5. The van der Waals surface area contributed by atoms with Crippen LogP contribution < -0.4 is 0 Å². The summed E-state index contributed by atoms with van der Waals surface area (Å²) in [6, 6.07) is 0. The molecule has 0 heterocycles. The minimum Gasteiger partial charge on any atom is -0.299 e. The summed E-state index contributed by atoms with van der Waals surface area (Å²) in [5, 5.41) is 0. The topological polar surface area (TPSA) is 34.1 Å². The maximum Gasteiger partial charge on any atom is 0.143 e. The monoisotopic (exact) mass is 184 g/mol. The van der Waals surface area contributed by atoms with Crippen LogP contribution in [0.3, 0.4) is 0 Å². The highest BCUT2D eigenvalue weighted by atomic mass is 16.2. The second-order valence-electron chi connectivity index (χ2n) is 3.69. The van der Waals surface area contributed by atoms with Crippen LogP contribution in [0, 0.1) is 5.41 Å². The van der Waals surface area contributed by atoms with Crippen LogP contribution in [0.4, 0.5) is 0 Å². The predicted molar refractivity (Wildman–Crippen MR) is 53.6 cm³/mol. The van der Waals surface area contributed by atoms with Crippen LogP contribution in [0.15, 0.2) is 0 Å². The molecule has 0 spiro atoms. The van der Waals surface area contributed by atoms with E-state index in [0.29, 0.717) is 12.8 Å². The van der Waals surface area contributed by atoms with E-state index in [1.165, 1.54) is 13.8 Å². The van der Waals surface area contributed by atoms with Crippen LogP contribution in [0.1, 0.15) is 53.4 Å². The van der Waals surface area contributed by atoms with Crippen LogP contribution >= 0.6 is 0 Å². The van der Waals surface area contributed by atoms with E-state index in [9.17, 15) is 9.59 Å². The molecule has 0 aromatic rings. The van der Waals surface area contributed by atoms with E-state index in [0.717, 1.165) is 12.8 Å². The molecule has 0 bridgehead atoms. The number of hydrogen-bond donors (Lipinski definition) is 0. The molecule has 0 saturated heterocycles. The largest absolute Gasteiger partial charge is 0.299 e. The lowest BCUT2D eigenvalue weighted by molar-refractivity contribution is -0.139. The molecule has 0 unspecified atom stereocenters. The lowest BCUT2D eigenvalue weighted by atomic mass is 9.73. The highest BCUT2D eigenvalue weighted by Crippen LogP contribution is 2.31. The van der Waals surface area contributed by atoms with Crippen molar-refractivity contribution in [1.82, 2.24) is 0 Å². The van der Waals surface area contributed by atoms with Gasteiger partial charge in [-0.2, -0.15) is 0 Å². The molecule has 0 aromatic heterocycles. The van der Waals surface area contributed by atoms with Crippen molar-refractivity contribution < 1.29 is 9.59 Å². The Morgan fingerprint density at radius 2 is 1.23 bits per heavy atom. The van der Waals surface area contributed by atoms with E-state index in [4.69, 9.17) is 0 Å². The van der Waals surface area contributed by atoms with E-state index >= 15 is 0 Å². The standard InChI is InChI=1S/C11H20O2/c1-5-7-11(8-6-2,9(3)12)10(4)13/h5-8H2,1-4H3. The first-order chi connectivity index (χ1) is 6.01. The van der Waals surface area contributed by atoms with Gasteiger partial charge in [0.05, 0.1) is 5.41 Å². The summed E-state index contributed by atoms with van der Waals surface area (Å²) < 4.78 is 0. The van der Waals surface area contributed by atoms with Crippen molar-refractivity contribution in [1.29, 1.82) is 0 Å². The molecule has 0 fully saturated rings. The summed E-state index contributed by atoms with van der Waals surface area (Å²) in [6.45, 7) is 7.09. The van der Waals surface area contributed by atoms with Gasteiger partial charge in [0.1, 0.15) is 11.6 Å². The summed E-state index contributed by atoms with van der Waals surface area (Å²) >= 11 is 0. The molecule has 0 aliphatic carbocycles. The number of Topliss-reactive ketones (excluding diaryl/α,β-unsaturated/α-hetero) is 2. The fraction of sp³-hybridized carbons (Fsp3) is 0.818. The molecule has 76 valence electrons. The van der Waals surface area contributed by atoms with E-state index < -0.39 is 5.41 Å². The maximum absolute atomic E-state index is 11.5. The number of carbonyl (C=O) groups is 2. The summed E-state index contributed by atoms with van der Waals surface area (Å²) in [4.78, 5) is 22.9. The molecule has 0 radical (unpaired) electrons. The Hall–Kier alpha value is -0.660. The van der Waals surface area contributed by atoms with Crippen LogP contribution in [0.2, 0.25) is 0 Å². The molecule has 13 heavy (non-hydrogen) atoms. The van der Waals surface area contributed by atoms with Crippen LogP contribution in [-0.2, 0) is 9.59 Å². The third-order valence-corrected chi connectivity index (χ3v) is 2.70. The number of ketones is 2. The average molecular weight is 184 g/mol. The van der Waals surface area contributed by atoms with Gasteiger partial charge in [0.15, 0.2) is 0 Å². The summed E-state index contributed by atoms with van der Waals surface area (Å²) in [6.07, 6.45) is 3.18. The van der Waals surface area contributed by atoms with E-state index in [-0.39, 0.29) is 11.6 Å². The normalized spacial score (nSPS) is 11.4. The molecular formula is C11H20O2. The second kappa shape index (κ2) is 5.15. The quantitative estimate of drug-likeness (QED) is 0.595. The number of carbonyl (C=O) groups excluding carboxylic acids is 2. The third-order valence-electron chi connectivity index (χ3n) is 2.70. The van der Waals surface area contributed by atoms with Crippen molar-refractivity contribution in [3.63, 3.8) is 0 Å². The van der Waals surface area contributed by atoms with Gasteiger partial charge in [-0.1, -0.05) is 26.7 Å². The zero-order valence-electron chi connectivity index (χ0n) is 9.14. The van der Waals surface area contributed by atoms with Gasteiger partial charge in [-0.15, -0.1) is 0 Å². The number of rotatable bonds is 6. The smallest absolute Gasteiger partial charge is 0.143 e. The molecule has 0 rings (SSSR count). The molecule has 0 amide bonds. The maximum atomic E-state index is 11.5. The van der Waals surface area contributed by atoms with Crippen molar-refractivity contribution in [2.45, 2.75) is 53.4 Å². The zero-order valence-corrected chi connectivity index (χ0v) is 9.14.